The highest BCUT2D eigenvalue weighted by Crippen LogP contribution is 2.28. The Hall–Kier alpha value is -0.940. The zero-order chi connectivity index (χ0) is 13.0. The molecule has 0 aliphatic carbocycles. The first-order valence-electron chi connectivity index (χ1n) is 5.50. The average molecular weight is 327 g/mol. The number of pyridine rings is 1. The molecule has 0 bridgehead atoms. The Kier molecular flexibility index (Phi) is 4.72. The highest BCUT2D eigenvalue weighted by molar-refractivity contribution is 9.10. The monoisotopic (exact) mass is 325 g/mol. The van der Waals surface area contributed by atoms with Gasteiger partial charge >= 0.3 is 0 Å². The van der Waals surface area contributed by atoms with E-state index in [1.807, 2.05) is 30.3 Å². The predicted molar refractivity (Wildman–Crippen MR) is 77.2 cm³/mol. The molecule has 0 aliphatic rings. The van der Waals surface area contributed by atoms with Crippen molar-refractivity contribution in [2.24, 2.45) is 5.84 Å². The molecule has 0 saturated carbocycles. The van der Waals surface area contributed by atoms with Crippen LogP contribution in [0.5, 0.6) is 0 Å². The van der Waals surface area contributed by atoms with Gasteiger partial charge in [-0.1, -0.05) is 33.6 Å². The van der Waals surface area contributed by atoms with Gasteiger partial charge in [0.2, 0.25) is 0 Å². The third-order valence-corrected chi connectivity index (χ3v) is 3.55. The van der Waals surface area contributed by atoms with Crippen molar-refractivity contribution in [2.75, 3.05) is 0 Å². The van der Waals surface area contributed by atoms with Crippen LogP contribution < -0.4 is 11.3 Å². The van der Waals surface area contributed by atoms with Crippen LogP contribution in [0.1, 0.15) is 17.2 Å². The number of rotatable bonds is 4. The number of halogens is 2. The summed E-state index contributed by atoms with van der Waals surface area (Å²) >= 11 is 9.62. The number of nitrogens with zero attached hydrogens (tertiary/aromatic N) is 1. The molecular formula is C13H13BrClN3. The first-order valence-corrected chi connectivity index (χ1v) is 6.68. The highest BCUT2D eigenvalue weighted by Gasteiger charge is 2.14. The first kappa shape index (κ1) is 13.5. The van der Waals surface area contributed by atoms with Crippen molar-refractivity contribution >= 4 is 27.5 Å². The molecule has 3 nitrogen and oxygen atoms in total. The van der Waals surface area contributed by atoms with E-state index in [1.54, 1.807) is 12.4 Å². The van der Waals surface area contributed by atoms with Gasteiger partial charge in [-0.3, -0.25) is 16.3 Å². The Morgan fingerprint density at radius 2 is 2.00 bits per heavy atom. The lowest BCUT2D eigenvalue weighted by Crippen LogP contribution is -2.29. The van der Waals surface area contributed by atoms with Crippen molar-refractivity contribution in [3.63, 3.8) is 0 Å². The van der Waals surface area contributed by atoms with Crippen LogP contribution in [-0.4, -0.2) is 4.98 Å². The number of hydrogen-bond donors (Lipinski definition) is 2. The molecule has 0 saturated heterocycles. The Labute approximate surface area is 119 Å². The van der Waals surface area contributed by atoms with E-state index in [0.717, 1.165) is 22.0 Å². The number of hydrogen-bond acceptors (Lipinski definition) is 3. The van der Waals surface area contributed by atoms with Gasteiger partial charge in [-0.25, -0.2) is 0 Å². The van der Waals surface area contributed by atoms with Gasteiger partial charge in [0, 0.05) is 21.9 Å². The Morgan fingerprint density at radius 1 is 1.28 bits per heavy atom. The van der Waals surface area contributed by atoms with Gasteiger partial charge in [-0.2, -0.15) is 0 Å². The number of nitrogens with one attached hydrogen (secondary N) is 1. The molecule has 1 aromatic heterocycles. The largest absolute Gasteiger partial charge is 0.271 e. The highest BCUT2D eigenvalue weighted by atomic mass is 79.9. The fourth-order valence-corrected chi connectivity index (χ4v) is 2.60. The summed E-state index contributed by atoms with van der Waals surface area (Å²) in [5.41, 5.74) is 4.95. The second-order valence-corrected chi connectivity index (χ2v) is 5.27. The molecule has 0 spiro atoms. The summed E-state index contributed by atoms with van der Waals surface area (Å²) in [5, 5.41) is 0.696. The minimum absolute atomic E-state index is 0.0204. The Balaban J connectivity index is 2.23. The molecule has 0 aliphatic heterocycles. The van der Waals surface area contributed by atoms with Crippen LogP contribution in [0.15, 0.2) is 47.2 Å². The Bertz CT molecular complexity index is 519. The average Bonchev–Trinajstić information content (AvgIpc) is 2.38. The molecule has 94 valence electrons. The fourth-order valence-electron chi connectivity index (χ4n) is 1.80. The third-order valence-electron chi connectivity index (χ3n) is 2.73. The van der Waals surface area contributed by atoms with Crippen LogP contribution in [0.4, 0.5) is 0 Å². The summed E-state index contributed by atoms with van der Waals surface area (Å²) in [6, 6.07) is 9.71. The molecule has 0 fully saturated rings. The first-order chi connectivity index (χ1) is 8.70. The number of benzene rings is 1. The topological polar surface area (TPSA) is 50.9 Å². The second kappa shape index (κ2) is 6.29. The maximum absolute atomic E-state index is 6.23. The van der Waals surface area contributed by atoms with Gasteiger partial charge in [0.15, 0.2) is 0 Å². The minimum Gasteiger partial charge on any atom is -0.271 e. The molecule has 5 heteroatoms. The van der Waals surface area contributed by atoms with E-state index in [-0.39, 0.29) is 6.04 Å². The lowest BCUT2D eigenvalue weighted by atomic mass is 10.00. The molecule has 3 N–H and O–H groups in total. The van der Waals surface area contributed by atoms with Gasteiger partial charge in [0.05, 0.1) is 6.04 Å². The van der Waals surface area contributed by atoms with Gasteiger partial charge in [-0.05, 0) is 41.8 Å². The molecular weight excluding hydrogens is 314 g/mol. The fraction of sp³-hybridized carbons (Fsp3) is 0.154. The van der Waals surface area contributed by atoms with E-state index in [2.05, 4.69) is 26.3 Å². The molecule has 2 aromatic rings. The maximum atomic E-state index is 6.23. The predicted octanol–water partition coefficient (Wildman–Crippen LogP) is 3.24. The zero-order valence-corrected chi connectivity index (χ0v) is 11.9. The van der Waals surface area contributed by atoms with E-state index in [9.17, 15) is 0 Å². The lowest BCUT2D eigenvalue weighted by Gasteiger charge is -2.18. The van der Waals surface area contributed by atoms with Crippen molar-refractivity contribution in [1.29, 1.82) is 0 Å². The van der Waals surface area contributed by atoms with Crippen molar-refractivity contribution < 1.29 is 0 Å². The van der Waals surface area contributed by atoms with Crippen LogP contribution in [0.2, 0.25) is 5.02 Å². The summed E-state index contributed by atoms with van der Waals surface area (Å²) in [7, 11) is 0. The number of nitrogens with two attached hydrogens (primary N) is 1. The number of hydrazine groups is 1. The van der Waals surface area contributed by atoms with E-state index in [4.69, 9.17) is 17.4 Å². The molecule has 1 atom stereocenters. The van der Waals surface area contributed by atoms with Gasteiger partial charge in [0.1, 0.15) is 0 Å². The number of aromatic nitrogens is 1. The van der Waals surface area contributed by atoms with Crippen LogP contribution >= 0.6 is 27.5 Å². The summed E-state index contributed by atoms with van der Waals surface area (Å²) in [4.78, 5) is 4.00. The van der Waals surface area contributed by atoms with Crippen molar-refractivity contribution in [3.05, 3.63) is 63.3 Å². The summed E-state index contributed by atoms with van der Waals surface area (Å²) in [6.07, 6.45) is 4.30. The van der Waals surface area contributed by atoms with Crippen molar-refractivity contribution in [3.8, 4) is 0 Å². The molecule has 1 heterocycles. The molecule has 0 radical (unpaired) electrons. The minimum atomic E-state index is -0.0204. The molecule has 1 unspecified atom stereocenters. The standard InChI is InChI=1S/C13H13BrClN3/c14-10-1-2-11(12(15)8-10)13(18-16)7-9-3-5-17-6-4-9/h1-6,8,13,18H,7,16H2. The van der Waals surface area contributed by atoms with E-state index >= 15 is 0 Å². The SMILES string of the molecule is NNC(Cc1ccncc1)c1ccc(Br)cc1Cl. The quantitative estimate of drug-likeness (QED) is 0.670. The Morgan fingerprint density at radius 3 is 2.61 bits per heavy atom. The summed E-state index contributed by atoms with van der Waals surface area (Å²) < 4.78 is 0.955. The molecule has 18 heavy (non-hydrogen) atoms. The van der Waals surface area contributed by atoms with Crippen molar-refractivity contribution in [1.82, 2.24) is 10.4 Å². The summed E-state index contributed by atoms with van der Waals surface area (Å²) in [5.74, 6) is 5.62. The van der Waals surface area contributed by atoms with Crippen LogP contribution in [-0.2, 0) is 6.42 Å². The van der Waals surface area contributed by atoms with Gasteiger partial charge in [0.25, 0.3) is 0 Å². The van der Waals surface area contributed by atoms with Crippen LogP contribution in [0.25, 0.3) is 0 Å². The van der Waals surface area contributed by atoms with Gasteiger partial charge < -0.3 is 0 Å². The van der Waals surface area contributed by atoms with E-state index < -0.39 is 0 Å². The zero-order valence-electron chi connectivity index (χ0n) is 9.61. The maximum Gasteiger partial charge on any atom is 0.0515 e. The molecule has 2 rings (SSSR count). The molecule has 1 aromatic carbocycles. The van der Waals surface area contributed by atoms with Crippen molar-refractivity contribution in [2.45, 2.75) is 12.5 Å². The second-order valence-electron chi connectivity index (χ2n) is 3.94. The van der Waals surface area contributed by atoms with Crippen LogP contribution in [0.3, 0.4) is 0 Å². The molecule has 0 amide bonds. The lowest BCUT2D eigenvalue weighted by molar-refractivity contribution is 0.552. The van der Waals surface area contributed by atoms with Crippen LogP contribution in [0, 0.1) is 0 Å². The van der Waals surface area contributed by atoms with E-state index in [1.165, 1.54) is 0 Å². The summed E-state index contributed by atoms with van der Waals surface area (Å²) in [6.45, 7) is 0. The smallest absolute Gasteiger partial charge is 0.0515 e. The normalized spacial score (nSPS) is 12.4. The van der Waals surface area contributed by atoms with Gasteiger partial charge in [-0.15, -0.1) is 0 Å². The van der Waals surface area contributed by atoms with E-state index in [0.29, 0.717) is 5.02 Å². The third kappa shape index (κ3) is 3.29.